The molecule has 21 heavy (non-hydrogen) atoms. The van der Waals surface area contributed by atoms with Crippen LogP contribution in [0.2, 0.25) is 0 Å². The molecule has 0 bridgehead atoms. The molecule has 6 nitrogen and oxygen atoms in total. The molecular weight excluding hydrogens is 295 g/mol. The summed E-state index contributed by atoms with van der Waals surface area (Å²) in [7, 11) is -3.69. The van der Waals surface area contributed by atoms with Crippen LogP contribution in [0.15, 0.2) is 23.1 Å². The molecule has 0 saturated carbocycles. The summed E-state index contributed by atoms with van der Waals surface area (Å²) in [6.07, 6.45) is 0. The van der Waals surface area contributed by atoms with Gasteiger partial charge in [0, 0.05) is 26.2 Å². The van der Waals surface area contributed by atoms with Crippen molar-refractivity contribution in [1.29, 1.82) is 5.41 Å². The van der Waals surface area contributed by atoms with Gasteiger partial charge in [-0.2, -0.15) is 4.31 Å². The van der Waals surface area contributed by atoms with Gasteiger partial charge in [0.05, 0.1) is 11.4 Å². The Kier molecular flexibility index (Phi) is 4.60. The van der Waals surface area contributed by atoms with E-state index in [1.54, 1.807) is 6.92 Å². The first kappa shape index (κ1) is 15.9. The summed E-state index contributed by atoms with van der Waals surface area (Å²) >= 11 is 0. The van der Waals surface area contributed by atoms with E-state index in [0.29, 0.717) is 38.3 Å². The van der Waals surface area contributed by atoms with E-state index < -0.39 is 15.8 Å². The van der Waals surface area contributed by atoms with Gasteiger partial charge in [0.15, 0.2) is 0 Å². The van der Waals surface area contributed by atoms with Gasteiger partial charge in [0.25, 0.3) is 0 Å². The first-order valence-corrected chi connectivity index (χ1v) is 8.06. The molecule has 1 saturated heterocycles. The van der Waals surface area contributed by atoms with Crippen molar-refractivity contribution < 1.29 is 12.8 Å². The molecule has 1 fully saturated rings. The highest BCUT2D eigenvalue weighted by atomic mass is 32.2. The largest absolute Gasteiger partial charge is 0.387 e. The number of nitrogens with zero attached hydrogens (tertiary/aromatic N) is 2. The first-order chi connectivity index (χ1) is 9.80. The van der Waals surface area contributed by atoms with Crippen LogP contribution in [0, 0.1) is 18.2 Å². The van der Waals surface area contributed by atoms with Crippen LogP contribution in [0.4, 0.5) is 4.39 Å². The minimum absolute atomic E-state index is 0.0162. The molecule has 0 aliphatic carbocycles. The van der Waals surface area contributed by atoms with Crippen LogP contribution in [0.1, 0.15) is 5.56 Å². The Morgan fingerprint density at radius 1 is 1.33 bits per heavy atom. The van der Waals surface area contributed by atoms with Gasteiger partial charge in [-0.25, -0.2) is 12.8 Å². The molecule has 1 aliphatic rings. The maximum Gasteiger partial charge on any atom is 0.243 e. The zero-order valence-corrected chi connectivity index (χ0v) is 12.7. The summed E-state index contributed by atoms with van der Waals surface area (Å²) in [5, 5.41) is 7.25. The lowest BCUT2D eigenvalue weighted by Crippen LogP contribution is -2.50. The number of halogens is 1. The molecule has 0 radical (unpaired) electrons. The molecular formula is C13H19FN4O2S. The minimum Gasteiger partial charge on any atom is -0.387 e. The van der Waals surface area contributed by atoms with Crippen molar-refractivity contribution >= 4 is 15.9 Å². The van der Waals surface area contributed by atoms with Crippen LogP contribution in [0.25, 0.3) is 0 Å². The number of benzene rings is 1. The third kappa shape index (κ3) is 3.58. The van der Waals surface area contributed by atoms with Gasteiger partial charge in [0.1, 0.15) is 11.7 Å². The van der Waals surface area contributed by atoms with E-state index in [0.717, 1.165) is 6.07 Å². The summed E-state index contributed by atoms with van der Waals surface area (Å²) in [6.45, 7) is 3.63. The summed E-state index contributed by atoms with van der Waals surface area (Å²) in [5.41, 5.74) is 5.87. The van der Waals surface area contributed by atoms with E-state index in [1.165, 1.54) is 16.4 Å². The highest BCUT2D eigenvalue weighted by Crippen LogP contribution is 2.22. The van der Waals surface area contributed by atoms with E-state index in [-0.39, 0.29) is 10.7 Å². The Hall–Kier alpha value is -1.51. The zero-order valence-electron chi connectivity index (χ0n) is 11.8. The Bertz CT molecular complexity index is 640. The summed E-state index contributed by atoms with van der Waals surface area (Å²) in [6, 6.07) is 3.78. The minimum atomic E-state index is -3.69. The monoisotopic (exact) mass is 314 g/mol. The maximum absolute atomic E-state index is 13.3. The van der Waals surface area contributed by atoms with Gasteiger partial charge in [-0.3, -0.25) is 10.3 Å². The van der Waals surface area contributed by atoms with Crippen molar-refractivity contribution in [3.8, 4) is 0 Å². The number of hydrogen-bond donors (Lipinski definition) is 2. The quantitative estimate of drug-likeness (QED) is 0.621. The van der Waals surface area contributed by atoms with E-state index in [2.05, 4.69) is 0 Å². The summed E-state index contributed by atoms with van der Waals surface area (Å²) < 4.78 is 39.8. The van der Waals surface area contributed by atoms with Crippen molar-refractivity contribution in [2.75, 3.05) is 32.7 Å². The highest BCUT2D eigenvalue weighted by Gasteiger charge is 2.29. The molecule has 3 N–H and O–H groups in total. The molecule has 116 valence electrons. The van der Waals surface area contributed by atoms with Crippen LogP contribution in [0.5, 0.6) is 0 Å². The number of nitrogens with one attached hydrogen (secondary N) is 1. The van der Waals surface area contributed by atoms with Gasteiger partial charge in [-0.05, 0) is 24.6 Å². The van der Waals surface area contributed by atoms with E-state index >= 15 is 0 Å². The molecule has 2 rings (SSSR count). The third-order valence-electron chi connectivity index (χ3n) is 3.49. The van der Waals surface area contributed by atoms with Gasteiger partial charge >= 0.3 is 0 Å². The average Bonchev–Trinajstić information content (AvgIpc) is 2.41. The van der Waals surface area contributed by atoms with Crippen LogP contribution in [0.3, 0.4) is 0 Å². The van der Waals surface area contributed by atoms with Crippen molar-refractivity contribution in [2.45, 2.75) is 11.8 Å². The predicted molar refractivity (Wildman–Crippen MR) is 78.2 cm³/mol. The molecule has 0 aromatic heterocycles. The SMILES string of the molecule is Cc1ccc(F)cc1S(=O)(=O)N1CCN(CC(=N)N)CC1. The lowest BCUT2D eigenvalue weighted by Gasteiger charge is -2.33. The van der Waals surface area contributed by atoms with Gasteiger partial charge in [0.2, 0.25) is 10.0 Å². The molecule has 1 heterocycles. The Morgan fingerprint density at radius 2 is 1.95 bits per heavy atom. The number of aryl methyl sites for hydroxylation is 1. The fraction of sp³-hybridized carbons (Fsp3) is 0.462. The molecule has 0 spiro atoms. The van der Waals surface area contributed by atoms with Crippen molar-refractivity contribution in [2.24, 2.45) is 5.73 Å². The number of hydrogen-bond acceptors (Lipinski definition) is 4. The second-order valence-corrected chi connectivity index (χ2v) is 7.02. The van der Waals surface area contributed by atoms with E-state index in [9.17, 15) is 12.8 Å². The Morgan fingerprint density at radius 3 is 2.52 bits per heavy atom. The average molecular weight is 314 g/mol. The molecule has 1 aromatic rings. The van der Waals surface area contributed by atoms with E-state index in [1.807, 2.05) is 4.90 Å². The first-order valence-electron chi connectivity index (χ1n) is 6.62. The molecule has 8 heteroatoms. The summed E-state index contributed by atoms with van der Waals surface area (Å²) in [4.78, 5) is 1.94. The third-order valence-corrected chi connectivity index (χ3v) is 5.53. The molecule has 1 aliphatic heterocycles. The second kappa shape index (κ2) is 6.08. The fourth-order valence-corrected chi connectivity index (χ4v) is 4.02. The van der Waals surface area contributed by atoms with Crippen molar-refractivity contribution in [3.05, 3.63) is 29.6 Å². The molecule has 0 unspecified atom stereocenters. The van der Waals surface area contributed by atoms with Crippen LogP contribution >= 0.6 is 0 Å². The van der Waals surface area contributed by atoms with Gasteiger partial charge in [-0.1, -0.05) is 6.07 Å². The zero-order chi connectivity index (χ0) is 15.6. The van der Waals surface area contributed by atoms with E-state index in [4.69, 9.17) is 11.1 Å². The Balaban J connectivity index is 2.15. The lowest BCUT2D eigenvalue weighted by molar-refractivity contribution is 0.208. The second-order valence-electron chi connectivity index (χ2n) is 5.12. The van der Waals surface area contributed by atoms with Gasteiger partial charge < -0.3 is 5.73 Å². The highest BCUT2D eigenvalue weighted by molar-refractivity contribution is 7.89. The predicted octanol–water partition coefficient (Wildman–Crippen LogP) is 0.376. The standard InChI is InChI=1S/C13H19FN4O2S/c1-10-2-3-11(14)8-12(10)21(19,20)18-6-4-17(5-7-18)9-13(15)16/h2-3,8H,4-7,9H2,1H3,(H3,15,16). The number of amidine groups is 1. The number of rotatable bonds is 4. The smallest absolute Gasteiger partial charge is 0.243 e. The van der Waals surface area contributed by atoms with Crippen LogP contribution in [-0.4, -0.2) is 56.2 Å². The lowest BCUT2D eigenvalue weighted by atomic mass is 10.2. The summed E-state index contributed by atoms with van der Waals surface area (Å²) in [5.74, 6) is -0.498. The maximum atomic E-state index is 13.3. The molecule has 0 amide bonds. The normalized spacial score (nSPS) is 17.8. The number of nitrogens with two attached hydrogens (primary N) is 1. The number of sulfonamides is 1. The van der Waals surface area contributed by atoms with Gasteiger partial charge in [-0.15, -0.1) is 0 Å². The van der Waals surface area contributed by atoms with Crippen LogP contribution in [-0.2, 0) is 10.0 Å². The molecule has 0 atom stereocenters. The molecule has 1 aromatic carbocycles. The van der Waals surface area contributed by atoms with Crippen molar-refractivity contribution in [1.82, 2.24) is 9.21 Å². The van der Waals surface area contributed by atoms with Crippen molar-refractivity contribution in [3.63, 3.8) is 0 Å². The number of piperazine rings is 1. The van der Waals surface area contributed by atoms with Crippen LogP contribution < -0.4 is 5.73 Å². The fourth-order valence-electron chi connectivity index (χ4n) is 2.36. The Labute approximate surface area is 123 Å². The topological polar surface area (TPSA) is 90.5 Å².